The number of hydrogen-bond donors (Lipinski definition) is 7. The van der Waals surface area contributed by atoms with Crippen molar-refractivity contribution in [1.82, 2.24) is 46.5 Å². The standard InChI is InChI=1S/C36H47N11O8/c1-20-18-47(45-44-20)23-15-28-36(55)43-26(14-22-10-9-21-6-2-3-7-24(21)22)35(54)42-25(33(38)52)8-4-5-13-39-30(49)11-12-31(50)41-27(16-29(37)48)34(53)40-17-32(51)46(28)19-23/h2-3,6-7,10,18,23,25-28H,4-5,8-9,11-17,19H2,1H3,(H2,37,48)(H2,38,52)(H,39,49)(H,40,53)(H,41,50)(H,42,54)(H,43,55)/t23-,25-,26-,27-,28-/m0/s1. The highest BCUT2D eigenvalue weighted by Gasteiger charge is 2.42. The molecular weight excluding hydrogens is 714 g/mol. The third-order valence-electron chi connectivity index (χ3n) is 9.84. The molecule has 5 atom stereocenters. The monoisotopic (exact) mass is 761 g/mol. The van der Waals surface area contributed by atoms with Crippen molar-refractivity contribution >= 4 is 52.8 Å². The number of aromatic nitrogens is 3. The van der Waals surface area contributed by atoms with Crippen molar-refractivity contribution in [2.75, 3.05) is 19.6 Å². The molecule has 2 saturated heterocycles. The second kappa shape index (κ2) is 18.3. The molecule has 5 rings (SSSR count). The summed E-state index contributed by atoms with van der Waals surface area (Å²) in [5.41, 5.74) is 14.4. The lowest BCUT2D eigenvalue weighted by molar-refractivity contribution is -0.140. The quantitative estimate of drug-likeness (QED) is 0.166. The topological polar surface area (TPSA) is 283 Å². The van der Waals surface area contributed by atoms with Gasteiger partial charge in [0, 0.05) is 45.0 Å². The van der Waals surface area contributed by atoms with Gasteiger partial charge in [-0.15, -0.1) is 5.10 Å². The third-order valence-corrected chi connectivity index (χ3v) is 9.84. The molecule has 9 N–H and O–H groups in total. The summed E-state index contributed by atoms with van der Waals surface area (Å²) in [4.78, 5) is 106. The van der Waals surface area contributed by atoms with Crippen molar-refractivity contribution in [2.24, 2.45) is 11.5 Å². The van der Waals surface area contributed by atoms with E-state index < -0.39 is 90.4 Å². The van der Waals surface area contributed by atoms with Crippen molar-refractivity contribution in [3.63, 3.8) is 0 Å². The fourth-order valence-electron chi connectivity index (χ4n) is 6.96. The lowest BCUT2D eigenvalue weighted by Crippen LogP contribution is -2.56. The first-order valence-electron chi connectivity index (χ1n) is 18.3. The Morgan fingerprint density at radius 3 is 2.38 bits per heavy atom. The largest absolute Gasteiger partial charge is 0.370 e. The van der Waals surface area contributed by atoms with Gasteiger partial charge < -0.3 is 43.0 Å². The third kappa shape index (κ3) is 10.7. The van der Waals surface area contributed by atoms with Crippen molar-refractivity contribution in [1.29, 1.82) is 0 Å². The molecule has 0 spiro atoms. The van der Waals surface area contributed by atoms with Crippen molar-refractivity contribution in [2.45, 2.75) is 94.9 Å². The summed E-state index contributed by atoms with van der Waals surface area (Å²) in [6, 6.07) is 2.36. The van der Waals surface area contributed by atoms with Gasteiger partial charge in [0.2, 0.25) is 47.3 Å². The highest BCUT2D eigenvalue weighted by molar-refractivity contribution is 5.97. The van der Waals surface area contributed by atoms with Gasteiger partial charge in [-0.25, -0.2) is 4.68 Å². The molecular formula is C36H47N11O8. The first-order valence-corrected chi connectivity index (χ1v) is 18.3. The fraction of sp³-hybridized carbons (Fsp3) is 0.500. The number of carbonyl (C=O) groups is 8. The number of hydrogen-bond acceptors (Lipinski definition) is 10. The Labute approximate surface area is 316 Å². The van der Waals surface area contributed by atoms with Crippen LogP contribution < -0.4 is 38.1 Å². The molecule has 3 heterocycles. The number of amides is 8. The molecule has 3 aliphatic rings. The van der Waals surface area contributed by atoms with E-state index in [0.717, 1.165) is 16.7 Å². The summed E-state index contributed by atoms with van der Waals surface area (Å²) in [7, 11) is 0. The molecule has 2 aromatic rings. The zero-order valence-corrected chi connectivity index (χ0v) is 30.5. The maximum Gasteiger partial charge on any atom is 0.243 e. The first kappa shape index (κ1) is 40.1. The molecule has 19 heteroatoms. The van der Waals surface area contributed by atoms with E-state index in [-0.39, 0.29) is 45.2 Å². The Morgan fingerprint density at radius 1 is 0.891 bits per heavy atom. The van der Waals surface area contributed by atoms with Crippen LogP contribution in [0.5, 0.6) is 0 Å². The maximum atomic E-state index is 14.2. The zero-order valence-electron chi connectivity index (χ0n) is 30.5. The molecule has 2 fully saturated rings. The minimum atomic E-state index is -1.43. The van der Waals surface area contributed by atoms with Crippen LogP contribution in [0.15, 0.2) is 36.5 Å². The van der Waals surface area contributed by atoms with Crippen LogP contribution in [0.4, 0.5) is 0 Å². The average Bonchev–Trinajstić information content (AvgIpc) is 3.89. The van der Waals surface area contributed by atoms with Crippen LogP contribution in [-0.2, 0) is 44.8 Å². The van der Waals surface area contributed by atoms with Gasteiger partial charge in [0.1, 0.15) is 24.2 Å². The van der Waals surface area contributed by atoms with Gasteiger partial charge in [-0.3, -0.25) is 38.4 Å². The highest BCUT2D eigenvalue weighted by Crippen LogP contribution is 2.31. The average molecular weight is 762 g/mol. The molecule has 1 aliphatic carbocycles. The van der Waals surface area contributed by atoms with Gasteiger partial charge >= 0.3 is 0 Å². The Hall–Kier alpha value is -6.14. The lowest BCUT2D eigenvalue weighted by Gasteiger charge is -2.27. The number of primary amides is 2. The number of nitrogens with zero attached hydrogens (tertiary/aromatic N) is 4. The number of fused-ring (bicyclic) bond motifs is 2. The molecule has 19 nitrogen and oxygen atoms in total. The lowest BCUT2D eigenvalue weighted by atomic mass is 9.98. The predicted molar refractivity (Wildman–Crippen MR) is 195 cm³/mol. The Kier molecular flexibility index (Phi) is 13.3. The summed E-state index contributed by atoms with van der Waals surface area (Å²) >= 11 is 0. The zero-order chi connectivity index (χ0) is 39.6. The number of carbonyl (C=O) groups excluding carboxylic acids is 8. The highest BCUT2D eigenvalue weighted by atomic mass is 16.2. The number of allylic oxidation sites excluding steroid dienone is 1. The van der Waals surface area contributed by atoms with E-state index in [1.807, 2.05) is 30.3 Å². The summed E-state index contributed by atoms with van der Waals surface area (Å²) in [5, 5.41) is 21.2. The summed E-state index contributed by atoms with van der Waals surface area (Å²) in [6.45, 7) is 1.33. The van der Waals surface area contributed by atoms with Gasteiger partial charge in [-0.1, -0.05) is 35.6 Å². The Bertz CT molecular complexity index is 1860. The fourth-order valence-corrected chi connectivity index (χ4v) is 6.96. The van der Waals surface area contributed by atoms with Crippen LogP contribution in [0.1, 0.15) is 74.2 Å². The van der Waals surface area contributed by atoms with Crippen LogP contribution in [0, 0.1) is 6.92 Å². The molecule has 1 aromatic carbocycles. The molecule has 8 amide bonds. The molecule has 0 unspecified atom stereocenters. The maximum absolute atomic E-state index is 14.2. The van der Waals surface area contributed by atoms with E-state index >= 15 is 0 Å². The first-order chi connectivity index (χ1) is 26.3. The van der Waals surface area contributed by atoms with E-state index in [2.05, 4.69) is 36.9 Å². The molecule has 55 heavy (non-hydrogen) atoms. The van der Waals surface area contributed by atoms with E-state index in [9.17, 15) is 38.4 Å². The predicted octanol–water partition coefficient (Wildman–Crippen LogP) is -2.23. The molecule has 0 radical (unpaired) electrons. The molecule has 294 valence electrons. The van der Waals surface area contributed by atoms with Gasteiger partial charge in [-0.05, 0) is 49.3 Å². The minimum absolute atomic E-state index is 0.00174. The van der Waals surface area contributed by atoms with Crippen LogP contribution in [0.3, 0.4) is 0 Å². The minimum Gasteiger partial charge on any atom is -0.370 e. The second-order valence-corrected chi connectivity index (χ2v) is 14.0. The van der Waals surface area contributed by atoms with Crippen LogP contribution >= 0.6 is 0 Å². The second-order valence-electron chi connectivity index (χ2n) is 14.0. The van der Waals surface area contributed by atoms with Gasteiger partial charge in [0.05, 0.1) is 24.7 Å². The number of aryl methyl sites for hydroxylation is 1. The van der Waals surface area contributed by atoms with Gasteiger partial charge in [-0.2, -0.15) is 0 Å². The summed E-state index contributed by atoms with van der Waals surface area (Å²) in [5.74, 6) is -5.68. The van der Waals surface area contributed by atoms with Crippen molar-refractivity contribution in [3.8, 4) is 0 Å². The molecule has 0 saturated carbocycles. The van der Waals surface area contributed by atoms with Gasteiger partial charge in [0.15, 0.2) is 0 Å². The Morgan fingerprint density at radius 2 is 1.65 bits per heavy atom. The number of nitrogens with one attached hydrogen (secondary N) is 5. The van der Waals surface area contributed by atoms with Crippen LogP contribution in [0.2, 0.25) is 0 Å². The smallest absolute Gasteiger partial charge is 0.243 e. The molecule has 2 aliphatic heterocycles. The van der Waals surface area contributed by atoms with E-state index in [4.69, 9.17) is 11.5 Å². The summed E-state index contributed by atoms with van der Waals surface area (Å²) < 4.78 is 1.54. The number of benzene rings is 1. The molecule has 1 aromatic heterocycles. The normalized spacial score (nSPS) is 25.0. The summed E-state index contributed by atoms with van der Waals surface area (Å²) in [6.07, 6.45) is 4.28. The molecule has 0 bridgehead atoms. The van der Waals surface area contributed by atoms with Crippen LogP contribution in [-0.4, -0.2) is 111 Å². The van der Waals surface area contributed by atoms with Crippen LogP contribution in [0.25, 0.3) is 5.57 Å². The Balaban J connectivity index is 1.43. The van der Waals surface area contributed by atoms with Crippen molar-refractivity contribution < 1.29 is 38.4 Å². The van der Waals surface area contributed by atoms with E-state index in [1.54, 1.807) is 13.1 Å². The SMILES string of the molecule is Cc1cn([C@H]2C[C@H]3C(=O)N[C@@H](CC4=CCc5ccccc54)C(=O)N[C@H](C(N)=O)CCCCNC(=O)CCC(=O)N[C@@H](CC(N)=O)C(=O)NCC(=O)N3C2)nn1. The number of nitrogens with two attached hydrogens (primary N) is 2. The van der Waals surface area contributed by atoms with E-state index in [0.29, 0.717) is 25.0 Å². The van der Waals surface area contributed by atoms with E-state index in [1.165, 1.54) is 9.58 Å². The van der Waals surface area contributed by atoms with Crippen molar-refractivity contribution in [3.05, 3.63) is 53.4 Å². The van der Waals surface area contributed by atoms with Gasteiger partial charge in [0.25, 0.3) is 0 Å². The number of rotatable bonds is 6.